The van der Waals surface area contributed by atoms with Crippen LogP contribution in [0.4, 0.5) is 21.8 Å². The summed E-state index contributed by atoms with van der Waals surface area (Å²) in [5.41, 5.74) is 2.52. The van der Waals surface area contributed by atoms with Crippen molar-refractivity contribution in [1.82, 2.24) is 4.48 Å². The van der Waals surface area contributed by atoms with Crippen molar-refractivity contribution in [3.05, 3.63) is 68.6 Å². The van der Waals surface area contributed by atoms with E-state index in [1.165, 1.54) is 12.1 Å². The van der Waals surface area contributed by atoms with Gasteiger partial charge >= 0.3 is 13.3 Å². The van der Waals surface area contributed by atoms with E-state index in [2.05, 4.69) is 20.7 Å². The van der Waals surface area contributed by atoms with Crippen molar-refractivity contribution in [2.75, 3.05) is 0 Å². The molecule has 1 aromatic heterocycles. The summed E-state index contributed by atoms with van der Waals surface area (Å²) in [6, 6.07) is 5.83. The van der Waals surface area contributed by atoms with Crippen molar-refractivity contribution in [1.29, 1.82) is 0 Å². The monoisotopic (exact) mass is 486 g/mol. The van der Waals surface area contributed by atoms with E-state index >= 15 is 8.63 Å². The van der Waals surface area contributed by atoms with Crippen LogP contribution in [0.25, 0.3) is 5.57 Å². The van der Waals surface area contributed by atoms with Crippen LogP contribution in [0.2, 0.25) is 0 Å². The molecule has 2 aliphatic heterocycles. The summed E-state index contributed by atoms with van der Waals surface area (Å²) in [5.74, 6) is -0.459. The van der Waals surface area contributed by atoms with Crippen LogP contribution in [0.15, 0.2) is 46.1 Å². The molecule has 0 aliphatic carbocycles. The Balaban J connectivity index is 2.14. The van der Waals surface area contributed by atoms with E-state index in [4.69, 9.17) is 0 Å². The third kappa shape index (κ3) is 3.03. The van der Waals surface area contributed by atoms with Crippen LogP contribution in [-0.4, -0.2) is 28.0 Å². The summed E-state index contributed by atoms with van der Waals surface area (Å²) in [6.45, 7) is 2.27. The van der Waals surface area contributed by atoms with Crippen LogP contribution in [0, 0.1) is 13.8 Å². The topological polar surface area (TPSA) is 17.2 Å². The first-order valence-electron chi connectivity index (χ1n) is 9.15. The maximum atomic E-state index is 15.6. The predicted octanol–water partition coefficient (Wildman–Crippen LogP) is 6.20. The molecule has 0 amide bonds. The zero-order valence-electron chi connectivity index (χ0n) is 16.5. The minimum atomic E-state index is -4.93. The summed E-state index contributed by atoms with van der Waals surface area (Å²) in [5, 5.41) is 0. The quantitative estimate of drug-likeness (QED) is 0.365. The Morgan fingerprint density at radius 3 is 2.37 bits per heavy atom. The highest BCUT2D eigenvalue weighted by Gasteiger charge is 2.55. The van der Waals surface area contributed by atoms with Crippen molar-refractivity contribution in [3.63, 3.8) is 0 Å². The van der Waals surface area contributed by atoms with Gasteiger partial charge in [-0.3, -0.25) is 0 Å². The first-order chi connectivity index (χ1) is 13.8. The van der Waals surface area contributed by atoms with Gasteiger partial charge in [-0.15, -0.1) is 13.2 Å². The highest BCUT2D eigenvalue weighted by Crippen LogP contribution is 2.47. The second-order valence-electron chi connectivity index (χ2n) is 7.53. The van der Waals surface area contributed by atoms with Gasteiger partial charge < -0.3 is 22.3 Å². The lowest BCUT2D eigenvalue weighted by Gasteiger charge is -2.34. The summed E-state index contributed by atoms with van der Waals surface area (Å²) < 4.78 is 77.2. The van der Waals surface area contributed by atoms with Crippen LogP contribution in [-0.2, 0) is 0 Å². The lowest BCUT2D eigenvalue weighted by Crippen LogP contribution is -2.51. The summed E-state index contributed by atoms with van der Waals surface area (Å²) in [4.78, 5) is 0. The molecule has 1 aromatic carbocycles. The number of nitrogens with zero attached hydrogens (tertiary/aromatic N) is 2. The van der Waals surface area contributed by atoms with E-state index in [1.807, 2.05) is 0 Å². The smallest absolute Gasteiger partial charge is 0.405 e. The van der Waals surface area contributed by atoms with Gasteiger partial charge in [0.05, 0.1) is 5.57 Å². The number of hydrogen-bond acceptors (Lipinski definition) is 1. The van der Waals surface area contributed by atoms with Crippen LogP contribution < -0.4 is 4.74 Å². The fourth-order valence-corrected chi connectivity index (χ4v) is 4.81. The second-order valence-corrected chi connectivity index (χ2v) is 8.44. The first-order valence-corrected chi connectivity index (χ1v) is 9.95. The lowest BCUT2D eigenvalue weighted by molar-refractivity contribution is -0.363. The van der Waals surface area contributed by atoms with Gasteiger partial charge in [0.25, 0.3) is 0 Å². The molecular weight excluding hydrogens is 470 g/mol. The molecule has 0 saturated carbocycles. The van der Waals surface area contributed by atoms with E-state index in [9.17, 15) is 13.2 Å². The Kier molecular flexibility index (Phi) is 4.58. The second kappa shape index (κ2) is 6.57. The summed E-state index contributed by atoms with van der Waals surface area (Å²) in [7, 11) is 0. The van der Waals surface area contributed by atoms with Crippen molar-refractivity contribution in [2.45, 2.75) is 34.1 Å². The number of alkyl halides is 3. The van der Waals surface area contributed by atoms with Crippen LogP contribution in [0.1, 0.15) is 36.4 Å². The Morgan fingerprint density at radius 1 is 1.07 bits per heavy atom. The van der Waals surface area contributed by atoms with E-state index < -0.39 is 19.1 Å². The lowest BCUT2D eigenvalue weighted by atomic mass is 9.83. The molecule has 0 unspecified atom stereocenters. The van der Waals surface area contributed by atoms with Crippen molar-refractivity contribution >= 4 is 34.2 Å². The average molecular weight is 487 g/mol. The maximum absolute atomic E-state index is 15.6. The molecule has 10 heteroatoms. The van der Waals surface area contributed by atoms with E-state index in [-0.39, 0.29) is 22.5 Å². The van der Waals surface area contributed by atoms with Gasteiger partial charge in [0.1, 0.15) is 11.5 Å². The molecule has 3 heterocycles. The van der Waals surface area contributed by atoms with E-state index in [0.717, 1.165) is 8.96 Å². The number of benzene rings is 1. The van der Waals surface area contributed by atoms with Gasteiger partial charge in [-0.25, -0.2) is 0 Å². The third-order valence-electron chi connectivity index (χ3n) is 5.37. The number of aromatic nitrogens is 1. The molecule has 158 valence electrons. The number of allylic oxidation sites excluding steroid dienone is 2. The number of hydrogen-bond donors (Lipinski definition) is 0. The SMILES string of the molecule is CC1=CC(C)=[N+]2C1=C(c1ccc(Br)cc1OC(F)(F)F)c1c(C)cc(C)n1[B-]2(F)F. The van der Waals surface area contributed by atoms with Crippen molar-refractivity contribution in [2.24, 2.45) is 0 Å². The van der Waals surface area contributed by atoms with Crippen molar-refractivity contribution < 1.29 is 31.0 Å². The largest absolute Gasteiger partial charge is 0.737 e. The third-order valence-corrected chi connectivity index (χ3v) is 5.87. The molecule has 2 aromatic rings. The first kappa shape index (κ1) is 20.9. The van der Waals surface area contributed by atoms with Gasteiger partial charge in [0.15, 0.2) is 5.70 Å². The fourth-order valence-electron chi connectivity index (χ4n) is 4.47. The molecule has 30 heavy (non-hydrogen) atoms. The number of halogens is 6. The van der Waals surface area contributed by atoms with Crippen molar-refractivity contribution in [3.8, 4) is 5.75 Å². The minimum absolute atomic E-state index is 0.0896. The molecule has 2 aliphatic rings. The Hall–Kier alpha value is -2.36. The Morgan fingerprint density at radius 2 is 1.73 bits per heavy atom. The van der Waals surface area contributed by atoms with Crippen LogP contribution >= 0.6 is 15.9 Å². The normalized spacial score (nSPS) is 17.9. The zero-order valence-corrected chi connectivity index (χ0v) is 18.1. The molecule has 0 spiro atoms. The molecule has 4 rings (SSSR count). The highest BCUT2D eigenvalue weighted by molar-refractivity contribution is 9.10. The number of fused-ring (bicyclic) bond motifs is 2. The summed E-state index contributed by atoms with van der Waals surface area (Å²) in [6.07, 6.45) is -3.32. The van der Waals surface area contributed by atoms with Gasteiger partial charge in [0.2, 0.25) is 0 Å². The number of rotatable bonds is 2. The Bertz CT molecular complexity index is 1190. The average Bonchev–Trinajstić information content (AvgIpc) is 3.05. The number of ether oxygens (including phenoxy) is 1. The van der Waals surface area contributed by atoms with Gasteiger partial charge in [-0.2, -0.15) is 0 Å². The molecule has 0 N–H and O–H groups in total. The van der Waals surface area contributed by atoms with Crippen LogP contribution in [0.5, 0.6) is 5.75 Å². The zero-order chi connectivity index (χ0) is 22.2. The molecule has 0 bridgehead atoms. The standard InChI is InChI=1S/C20H17BBrF5N2O/c1-10-7-12(3)28-18(10)17(19-11(2)8-13(4)29(19)21(28,26)27)15-6-5-14(22)9-16(15)30-20(23,24)25/h5-9H,1-4H3. The van der Waals surface area contributed by atoms with Gasteiger partial charge in [-0.1, -0.05) is 15.9 Å². The Labute approximate surface area is 178 Å². The maximum Gasteiger partial charge on any atom is 0.737 e. The molecule has 0 fully saturated rings. The van der Waals surface area contributed by atoms with Crippen LogP contribution in [0.3, 0.4) is 0 Å². The van der Waals surface area contributed by atoms with Gasteiger partial charge in [0, 0.05) is 34.3 Å². The molecule has 0 radical (unpaired) electrons. The van der Waals surface area contributed by atoms with E-state index in [1.54, 1.807) is 45.9 Å². The summed E-state index contributed by atoms with van der Waals surface area (Å²) >= 11 is 3.16. The molecule has 3 nitrogen and oxygen atoms in total. The fraction of sp³-hybridized carbons (Fsp3) is 0.250. The molecule has 0 atom stereocenters. The minimum Gasteiger partial charge on any atom is -0.405 e. The molecular formula is C20H17BBrF5N2O. The number of aryl methyl sites for hydroxylation is 2. The highest BCUT2D eigenvalue weighted by atomic mass is 79.9. The molecule has 0 saturated heterocycles. The van der Waals surface area contributed by atoms with E-state index in [0.29, 0.717) is 27.0 Å². The van der Waals surface area contributed by atoms with Gasteiger partial charge in [-0.05, 0) is 56.3 Å². The predicted molar refractivity (Wildman–Crippen MR) is 109 cm³/mol.